The normalized spacial score (nSPS) is 11.8. The molecule has 0 radical (unpaired) electrons. The second-order valence-electron chi connectivity index (χ2n) is 4.21. The van der Waals surface area contributed by atoms with Crippen molar-refractivity contribution in [3.63, 3.8) is 0 Å². The van der Waals surface area contributed by atoms with E-state index >= 15 is 0 Å². The molecule has 2 aromatic heterocycles. The lowest BCUT2D eigenvalue weighted by molar-refractivity contribution is 0.269. The zero-order chi connectivity index (χ0) is 14.4. The molecule has 9 heteroatoms. The Bertz CT molecular complexity index is 620. The summed E-state index contributed by atoms with van der Waals surface area (Å²) < 4.78 is 29.7. The third-order valence-corrected chi connectivity index (χ3v) is 4.11. The van der Waals surface area contributed by atoms with Crippen LogP contribution in [0.15, 0.2) is 36.0 Å². The molecule has 0 amide bonds. The van der Waals surface area contributed by atoms with Crippen molar-refractivity contribution >= 4 is 10.0 Å². The highest BCUT2D eigenvalue weighted by atomic mass is 32.2. The van der Waals surface area contributed by atoms with Gasteiger partial charge in [0.05, 0.1) is 25.7 Å². The van der Waals surface area contributed by atoms with Gasteiger partial charge in [-0.1, -0.05) is 0 Å². The first-order valence-corrected chi connectivity index (χ1v) is 7.69. The largest absolute Gasteiger partial charge is 0.394 e. The van der Waals surface area contributed by atoms with E-state index in [1.54, 1.807) is 12.5 Å². The lowest BCUT2D eigenvalue weighted by Crippen LogP contribution is -2.25. The van der Waals surface area contributed by atoms with Gasteiger partial charge >= 0.3 is 0 Å². The smallest absolute Gasteiger partial charge is 0.243 e. The molecular formula is C11H17N5O3S. The van der Waals surface area contributed by atoms with Gasteiger partial charge in [0.25, 0.3) is 0 Å². The van der Waals surface area contributed by atoms with Crippen LogP contribution in [-0.2, 0) is 23.1 Å². The summed E-state index contributed by atoms with van der Waals surface area (Å²) in [5.74, 6) is 0. The van der Waals surface area contributed by atoms with E-state index in [0.717, 1.165) is 0 Å². The Kier molecular flexibility index (Phi) is 4.88. The number of nitrogens with one attached hydrogen (secondary N) is 1. The number of hydrogen-bond acceptors (Lipinski definition) is 5. The van der Waals surface area contributed by atoms with Gasteiger partial charge in [-0.25, -0.2) is 18.1 Å². The Morgan fingerprint density at radius 1 is 1.35 bits per heavy atom. The molecule has 0 aliphatic carbocycles. The fraction of sp³-hybridized carbons (Fsp3) is 0.455. The average molecular weight is 299 g/mol. The minimum absolute atomic E-state index is 0.0838. The van der Waals surface area contributed by atoms with Crippen LogP contribution < -0.4 is 4.72 Å². The van der Waals surface area contributed by atoms with E-state index < -0.39 is 10.0 Å². The predicted molar refractivity (Wildman–Crippen MR) is 71.3 cm³/mol. The Hall–Kier alpha value is -1.71. The first-order chi connectivity index (χ1) is 9.62. The molecule has 2 rings (SSSR count). The van der Waals surface area contributed by atoms with Gasteiger partial charge in [-0.2, -0.15) is 5.10 Å². The van der Waals surface area contributed by atoms with Crippen molar-refractivity contribution < 1.29 is 13.5 Å². The number of nitrogens with zero attached hydrogens (tertiary/aromatic N) is 4. The lowest BCUT2D eigenvalue weighted by Gasteiger charge is -2.05. The highest BCUT2D eigenvalue weighted by Gasteiger charge is 2.15. The number of sulfonamides is 1. The summed E-state index contributed by atoms with van der Waals surface area (Å²) in [4.78, 5) is 4.02. The molecule has 0 atom stereocenters. The molecule has 20 heavy (non-hydrogen) atoms. The van der Waals surface area contributed by atoms with E-state index in [0.29, 0.717) is 19.5 Å². The second-order valence-corrected chi connectivity index (χ2v) is 5.98. The van der Waals surface area contributed by atoms with Gasteiger partial charge < -0.3 is 9.67 Å². The summed E-state index contributed by atoms with van der Waals surface area (Å²) in [6, 6.07) is 0. The van der Waals surface area contributed by atoms with Crippen molar-refractivity contribution in [2.75, 3.05) is 13.2 Å². The first-order valence-electron chi connectivity index (χ1n) is 6.20. The van der Waals surface area contributed by atoms with E-state index in [1.165, 1.54) is 17.1 Å². The molecule has 0 aromatic carbocycles. The summed E-state index contributed by atoms with van der Waals surface area (Å²) in [5.41, 5.74) is 0. The highest BCUT2D eigenvalue weighted by molar-refractivity contribution is 7.89. The number of imidazole rings is 1. The summed E-state index contributed by atoms with van der Waals surface area (Å²) in [5, 5.41) is 12.6. The van der Waals surface area contributed by atoms with Crippen molar-refractivity contribution in [1.29, 1.82) is 0 Å². The number of aliphatic hydroxyl groups is 1. The lowest BCUT2D eigenvalue weighted by atomic mass is 10.4. The van der Waals surface area contributed by atoms with Crippen LogP contribution in [-0.4, -0.2) is 46.0 Å². The van der Waals surface area contributed by atoms with E-state index in [2.05, 4.69) is 14.8 Å². The number of aromatic nitrogens is 4. The topological polar surface area (TPSA) is 102 Å². The fourth-order valence-corrected chi connectivity index (χ4v) is 2.70. The Morgan fingerprint density at radius 3 is 2.90 bits per heavy atom. The highest BCUT2D eigenvalue weighted by Crippen LogP contribution is 2.06. The predicted octanol–water partition coefficient (Wildman–Crippen LogP) is -0.560. The standard InChI is InChI=1S/C11H17N5O3S/c17-7-6-16-9-11(8-13-16)20(18,19)14-2-1-4-15-5-3-12-10-15/h3,5,8-10,14,17H,1-2,4,6-7H2. The van der Waals surface area contributed by atoms with E-state index in [9.17, 15) is 8.42 Å². The quantitative estimate of drug-likeness (QED) is 0.636. The van der Waals surface area contributed by atoms with Crippen LogP contribution in [0, 0.1) is 0 Å². The summed E-state index contributed by atoms with van der Waals surface area (Å²) in [6.45, 7) is 1.23. The van der Waals surface area contributed by atoms with Gasteiger partial charge in [-0.15, -0.1) is 0 Å². The van der Waals surface area contributed by atoms with E-state index in [-0.39, 0.29) is 18.0 Å². The van der Waals surface area contributed by atoms with Crippen molar-refractivity contribution in [1.82, 2.24) is 24.1 Å². The first kappa shape index (κ1) is 14.7. The Morgan fingerprint density at radius 2 is 2.20 bits per heavy atom. The third-order valence-electron chi connectivity index (χ3n) is 2.69. The van der Waals surface area contributed by atoms with Crippen LogP contribution in [0.4, 0.5) is 0 Å². The molecule has 0 unspecified atom stereocenters. The molecule has 8 nitrogen and oxygen atoms in total. The fourth-order valence-electron chi connectivity index (χ4n) is 1.68. The summed E-state index contributed by atoms with van der Waals surface area (Å²) in [7, 11) is -3.54. The van der Waals surface area contributed by atoms with E-state index in [1.807, 2.05) is 10.8 Å². The third kappa shape index (κ3) is 3.89. The molecule has 110 valence electrons. The van der Waals surface area contributed by atoms with Crippen molar-refractivity contribution in [2.45, 2.75) is 24.4 Å². The van der Waals surface area contributed by atoms with Gasteiger partial charge in [-0.3, -0.25) is 4.68 Å². The number of rotatable bonds is 8. The number of hydrogen-bond donors (Lipinski definition) is 2. The monoisotopic (exact) mass is 299 g/mol. The van der Waals surface area contributed by atoms with Crippen molar-refractivity contribution in [3.8, 4) is 0 Å². The molecule has 2 aromatic rings. The van der Waals surface area contributed by atoms with Crippen LogP contribution >= 0.6 is 0 Å². The molecule has 0 aliphatic rings. The molecule has 0 saturated heterocycles. The minimum Gasteiger partial charge on any atom is -0.394 e. The zero-order valence-corrected chi connectivity index (χ0v) is 11.7. The van der Waals surface area contributed by atoms with Gasteiger partial charge in [0, 0.05) is 31.7 Å². The molecule has 2 N–H and O–H groups in total. The van der Waals surface area contributed by atoms with Crippen molar-refractivity contribution in [2.24, 2.45) is 0 Å². The maximum absolute atomic E-state index is 12.0. The van der Waals surface area contributed by atoms with Crippen LogP contribution in [0.1, 0.15) is 6.42 Å². The molecule has 0 aliphatic heterocycles. The zero-order valence-electron chi connectivity index (χ0n) is 10.9. The summed E-state index contributed by atoms with van der Waals surface area (Å²) in [6.07, 6.45) is 8.53. The molecule has 0 spiro atoms. The minimum atomic E-state index is -3.54. The van der Waals surface area contributed by atoms with E-state index in [4.69, 9.17) is 5.11 Å². The molecular weight excluding hydrogens is 282 g/mol. The summed E-state index contributed by atoms with van der Waals surface area (Å²) >= 11 is 0. The Balaban J connectivity index is 1.83. The van der Waals surface area contributed by atoms with Crippen LogP contribution in [0.25, 0.3) is 0 Å². The molecule has 2 heterocycles. The van der Waals surface area contributed by atoms with Gasteiger partial charge in [0.1, 0.15) is 4.90 Å². The molecule has 0 bridgehead atoms. The van der Waals surface area contributed by atoms with Crippen LogP contribution in [0.5, 0.6) is 0 Å². The maximum Gasteiger partial charge on any atom is 0.243 e. The Labute approximate surface area is 117 Å². The van der Waals surface area contributed by atoms with Gasteiger partial charge in [-0.05, 0) is 6.42 Å². The molecule has 0 fully saturated rings. The van der Waals surface area contributed by atoms with Crippen LogP contribution in [0.2, 0.25) is 0 Å². The SMILES string of the molecule is O=S(=O)(NCCCn1ccnc1)c1cnn(CCO)c1. The van der Waals surface area contributed by atoms with Gasteiger partial charge in [0.2, 0.25) is 10.0 Å². The van der Waals surface area contributed by atoms with Gasteiger partial charge in [0.15, 0.2) is 0 Å². The average Bonchev–Trinajstić information content (AvgIpc) is 3.06. The number of aliphatic hydroxyl groups excluding tert-OH is 1. The maximum atomic E-state index is 12.0. The molecule has 0 saturated carbocycles. The second kappa shape index (κ2) is 6.64. The van der Waals surface area contributed by atoms with Crippen LogP contribution in [0.3, 0.4) is 0 Å². The number of aryl methyl sites for hydroxylation is 1. The van der Waals surface area contributed by atoms with Crippen molar-refractivity contribution in [3.05, 3.63) is 31.1 Å².